The number of carbonyl (C=O) groups is 2. The van der Waals surface area contributed by atoms with E-state index in [1.807, 2.05) is 0 Å². The number of hydrogen-bond acceptors (Lipinski definition) is 4. The molecular formula is C11H21N3O3. The Morgan fingerprint density at radius 3 is 3.12 bits per heavy atom. The molecule has 1 rings (SSSR count). The Morgan fingerprint density at radius 2 is 2.35 bits per heavy atom. The van der Waals surface area contributed by atoms with E-state index in [9.17, 15) is 9.59 Å². The average Bonchev–Trinajstić information content (AvgIpc) is 2.51. The van der Waals surface area contributed by atoms with E-state index in [4.69, 9.17) is 4.74 Å². The van der Waals surface area contributed by atoms with Crippen molar-refractivity contribution in [3.63, 3.8) is 0 Å². The molecule has 1 unspecified atom stereocenters. The van der Waals surface area contributed by atoms with E-state index in [1.165, 1.54) is 0 Å². The normalized spacial score (nSPS) is 20.5. The summed E-state index contributed by atoms with van der Waals surface area (Å²) in [5.74, 6) is -0.226. The van der Waals surface area contributed by atoms with Crippen molar-refractivity contribution in [3.8, 4) is 0 Å². The van der Waals surface area contributed by atoms with Gasteiger partial charge in [-0.05, 0) is 19.3 Å². The van der Waals surface area contributed by atoms with Crippen LogP contribution in [0.15, 0.2) is 0 Å². The first kappa shape index (κ1) is 13.9. The van der Waals surface area contributed by atoms with Gasteiger partial charge in [0.15, 0.2) is 0 Å². The lowest BCUT2D eigenvalue weighted by atomic mass is 10.1. The predicted molar refractivity (Wildman–Crippen MR) is 63.5 cm³/mol. The number of carbonyl (C=O) groups excluding carboxylic acids is 2. The van der Waals surface area contributed by atoms with Crippen LogP contribution in [-0.4, -0.2) is 51.2 Å². The van der Waals surface area contributed by atoms with Crippen LogP contribution in [0.3, 0.4) is 0 Å². The first-order chi connectivity index (χ1) is 8.24. The maximum absolute atomic E-state index is 11.6. The lowest BCUT2D eigenvalue weighted by Gasteiger charge is -2.15. The minimum atomic E-state index is -0.380. The summed E-state index contributed by atoms with van der Waals surface area (Å²) in [5, 5.41) is 8.45. The fourth-order valence-corrected chi connectivity index (χ4v) is 1.70. The average molecular weight is 243 g/mol. The van der Waals surface area contributed by atoms with Gasteiger partial charge < -0.3 is 20.7 Å². The molecule has 17 heavy (non-hydrogen) atoms. The molecule has 0 bridgehead atoms. The molecule has 1 fully saturated rings. The van der Waals surface area contributed by atoms with Gasteiger partial charge in [0.2, 0.25) is 11.8 Å². The smallest absolute Gasteiger partial charge is 0.242 e. The molecule has 2 amide bonds. The van der Waals surface area contributed by atoms with Crippen molar-refractivity contribution >= 4 is 11.8 Å². The molecule has 6 nitrogen and oxygen atoms in total. The SMILES string of the molecule is COCCNCC(=O)NC1CCCCNC1=O. The molecule has 1 saturated heterocycles. The fourth-order valence-electron chi connectivity index (χ4n) is 1.70. The molecule has 1 aliphatic heterocycles. The van der Waals surface area contributed by atoms with Gasteiger partial charge in [-0.15, -0.1) is 0 Å². The zero-order valence-corrected chi connectivity index (χ0v) is 10.3. The molecule has 0 aromatic carbocycles. The standard InChI is InChI=1S/C11H21N3O3/c1-17-7-6-12-8-10(15)14-9-4-2-3-5-13-11(9)16/h9,12H,2-8H2,1H3,(H,13,16)(H,14,15). The highest BCUT2D eigenvalue weighted by Gasteiger charge is 2.21. The third-order valence-electron chi connectivity index (χ3n) is 2.64. The summed E-state index contributed by atoms with van der Waals surface area (Å²) >= 11 is 0. The van der Waals surface area contributed by atoms with E-state index < -0.39 is 0 Å². The number of ether oxygens (including phenoxy) is 1. The van der Waals surface area contributed by atoms with E-state index in [-0.39, 0.29) is 24.4 Å². The minimum Gasteiger partial charge on any atom is -0.383 e. The first-order valence-electron chi connectivity index (χ1n) is 6.00. The molecular weight excluding hydrogens is 222 g/mol. The summed E-state index contributed by atoms with van der Waals surface area (Å²) in [4.78, 5) is 23.1. The van der Waals surface area contributed by atoms with Crippen LogP contribution in [-0.2, 0) is 14.3 Å². The van der Waals surface area contributed by atoms with Gasteiger partial charge in [0.25, 0.3) is 0 Å². The maximum Gasteiger partial charge on any atom is 0.242 e. The van der Waals surface area contributed by atoms with Crippen LogP contribution in [0.4, 0.5) is 0 Å². The number of nitrogens with one attached hydrogen (secondary N) is 3. The van der Waals surface area contributed by atoms with Crippen LogP contribution in [0, 0.1) is 0 Å². The van der Waals surface area contributed by atoms with E-state index in [0.29, 0.717) is 19.7 Å². The summed E-state index contributed by atoms with van der Waals surface area (Å²) in [6.07, 6.45) is 2.65. The highest BCUT2D eigenvalue weighted by molar-refractivity contribution is 5.88. The third-order valence-corrected chi connectivity index (χ3v) is 2.64. The Kier molecular flexibility index (Phi) is 6.57. The monoisotopic (exact) mass is 243 g/mol. The second kappa shape index (κ2) is 8.03. The van der Waals surface area contributed by atoms with Gasteiger partial charge in [-0.2, -0.15) is 0 Å². The minimum absolute atomic E-state index is 0.0762. The Balaban J connectivity index is 2.21. The van der Waals surface area contributed by atoms with Crippen molar-refractivity contribution in [1.82, 2.24) is 16.0 Å². The second-order valence-electron chi connectivity index (χ2n) is 4.08. The first-order valence-corrected chi connectivity index (χ1v) is 6.00. The molecule has 0 radical (unpaired) electrons. The summed E-state index contributed by atoms with van der Waals surface area (Å²) in [7, 11) is 1.61. The van der Waals surface area contributed by atoms with Gasteiger partial charge in [-0.1, -0.05) is 0 Å². The summed E-state index contributed by atoms with van der Waals surface area (Å²) in [5.41, 5.74) is 0. The van der Waals surface area contributed by atoms with Gasteiger partial charge in [0, 0.05) is 20.2 Å². The van der Waals surface area contributed by atoms with Crippen molar-refractivity contribution in [3.05, 3.63) is 0 Å². The second-order valence-corrected chi connectivity index (χ2v) is 4.08. The third kappa shape index (κ3) is 5.65. The van der Waals surface area contributed by atoms with Crippen molar-refractivity contribution in [2.45, 2.75) is 25.3 Å². The van der Waals surface area contributed by atoms with E-state index in [1.54, 1.807) is 7.11 Å². The van der Waals surface area contributed by atoms with Crippen molar-refractivity contribution in [2.24, 2.45) is 0 Å². The Hall–Kier alpha value is -1.14. The van der Waals surface area contributed by atoms with Crippen molar-refractivity contribution in [1.29, 1.82) is 0 Å². The molecule has 1 heterocycles. The lowest BCUT2D eigenvalue weighted by Crippen LogP contribution is -2.48. The zero-order valence-electron chi connectivity index (χ0n) is 10.3. The molecule has 1 aliphatic rings. The van der Waals surface area contributed by atoms with Gasteiger partial charge >= 0.3 is 0 Å². The molecule has 6 heteroatoms. The zero-order chi connectivity index (χ0) is 12.5. The number of methoxy groups -OCH3 is 1. The molecule has 0 aromatic rings. The Labute approximate surface area is 101 Å². The Bertz CT molecular complexity index is 258. The molecule has 0 saturated carbocycles. The summed E-state index contributed by atoms with van der Waals surface area (Å²) in [6, 6.07) is -0.380. The summed E-state index contributed by atoms with van der Waals surface area (Å²) in [6.45, 7) is 2.11. The molecule has 0 aliphatic carbocycles. The Morgan fingerprint density at radius 1 is 1.53 bits per heavy atom. The van der Waals surface area contributed by atoms with Gasteiger partial charge in [0.1, 0.15) is 6.04 Å². The van der Waals surface area contributed by atoms with E-state index >= 15 is 0 Å². The molecule has 0 spiro atoms. The largest absolute Gasteiger partial charge is 0.383 e. The van der Waals surface area contributed by atoms with Crippen LogP contribution in [0.5, 0.6) is 0 Å². The van der Waals surface area contributed by atoms with Crippen molar-refractivity contribution in [2.75, 3.05) is 33.4 Å². The molecule has 98 valence electrons. The highest BCUT2D eigenvalue weighted by atomic mass is 16.5. The number of rotatable bonds is 6. The molecule has 1 atom stereocenters. The van der Waals surface area contributed by atoms with Crippen LogP contribution in [0.25, 0.3) is 0 Å². The lowest BCUT2D eigenvalue weighted by molar-refractivity contribution is -0.128. The van der Waals surface area contributed by atoms with Crippen LogP contribution in [0.1, 0.15) is 19.3 Å². The quantitative estimate of drug-likeness (QED) is 0.523. The van der Waals surface area contributed by atoms with Crippen LogP contribution >= 0.6 is 0 Å². The summed E-state index contributed by atoms with van der Waals surface area (Å²) < 4.78 is 4.85. The number of amides is 2. The topological polar surface area (TPSA) is 79.5 Å². The van der Waals surface area contributed by atoms with Gasteiger partial charge in [-0.25, -0.2) is 0 Å². The number of hydrogen-bond donors (Lipinski definition) is 3. The van der Waals surface area contributed by atoms with Gasteiger partial charge in [0.05, 0.1) is 13.2 Å². The van der Waals surface area contributed by atoms with Crippen LogP contribution < -0.4 is 16.0 Å². The van der Waals surface area contributed by atoms with E-state index in [2.05, 4.69) is 16.0 Å². The van der Waals surface area contributed by atoms with E-state index in [0.717, 1.165) is 19.3 Å². The predicted octanol–water partition coefficient (Wildman–Crippen LogP) is -0.993. The molecule has 3 N–H and O–H groups in total. The molecule has 0 aromatic heterocycles. The highest BCUT2D eigenvalue weighted by Crippen LogP contribution is 2.04. The van der Waals surface area contributed by atoms with Crippen molar-refractivity contribution < 1.29 is 14.3 Å². The van der Waals surface area contributed by atoms with Crippen LogP contribution in [0.2, 0.25) is 0 Å². The van der Waals surface area contributed by atoms with Gasteiger partial charge in [-0.3, -0.25) is 9.59 Å². The fraction of sp³-hybridized carbons (Fsp3) is 0.818. The maximum atomic E-state index is 11.6.